The Balaban J connectivity index is 0.000000233. The van der Waals surface area contributed by atoms with Gasteiger partial charge in [0, 0.05) is 59.2 Å². The van der Waals surface area contributed by atoms with E-state index in [1.807, 2.05) is 78.9 Å². The summed E-state index contributed by atoms with van der Waals surface area (Å²) in [5.74, 6) is -7.28. The second-order valence-corrected chi connectivity index (χ2v) is 18.0. The van der Waals surface area contributed by atoms with E-state index < -0.39 is 52.0 Å². The van der Waals surface area contributed by atoms with Crippen molar-refractivity contribution in [3.05, 3.63) is 279 Å². The van der Waals surface area contributed by atoms with Gasteiger partial charge < -0.3 is 25.5 Å². The van der Waals surface area contributed by atoms with Crippen molar-refractivity contribution in [3.8, 4) is 0 Å². The number of carbonyl (C=O) groups is 2. The third-order valence-corrected chi connectivity index (χ3v) is 12.1. The molecule has 74 heavy (non-hydrogen) atoms. The van der Waals surface area contributed by atoms with Gasteiger partial charge >= 0.3 is 0 Å². The number of pyridine rings is 3. The summed E-state index contributed by atoms with van der Waals surface area (Å²) in [6.07, 6.45) is 7.61. The topological polar surface area (TPSA) is 141 Å². The summed E-state index contributed by atoms with van der Waals surface area (Å²) in [6, 6.07) is 38.1. The average molecular weight is 1140 g/mol. The minimum absolute atomic E-state index is 0. The highest BCUT2D eigenvalue weighted by Gasteiger charge is 2.18. The fourth-order valence-electron chi connectivity index (χ4n) is 7.54. The van der Waals surface area contributed by atoms with Gasteiger partial charge in [-0.1, -0.05) is 107 Å². The van der Waals surface area contributed by atoms with Gasteiger partial charge in [-0.2, -0.15) is 0 Å². The van der Waals surface area contributed by atoms with Gasteiger partial charge in [0.25, 0.3) is 22.9 Å². The number of rotatable bonds is 12. The van der Waals surface area contributed by atoms with E-state index >= 15 is 0 Å². The van der Waals surface area contributed by atoms with Gasteiger partial charge in [-0.15, -0.1) is 0 Å². The van der Waals surface area contributed by atoms with E-state index in [1.54, 1.807) is 12.3 Å². The SMILES string of the molecule is C.C.NCc1cccc(Br)c1.O=C(NCc1cccc(Br)c1)c1cccn(Cc2cc(F)c(F)c(F)c2)c1=O.O=C(NCc1cccc(C2=CCc3ncccc32)c1)c1cccn(Cc2ccc(F)c(F)c2)c1=O. The van der Waals surface area contributed by atoms with Crippen LogP contribution in [-0.2, 0) is 39.1 Å². The number of hydrogen-bond acceptors (Lipinski definition) is 6. The molecule has 1 aliphatic rings. The molecular formula is C57H51Br2F5N6O4. The van der Waals surface area contributed by atoms with Crippen LogP contribution in [0.4, 0.5) is 22.0 Å². The Bertz CT molecular complexity index is 3420. The molecule has 0 saturated carbocycles. The summed E-state index contributed by atoms with van der Waals surface area (Å²) in [6.45, 7) is 0.891. The standard InChI is InChI=1S/C28H21F2N3O2.C20H14BrF3N2O2.C7H8BrN.2CH4/c29-24-10-8-19(15-25(24)30)17-33-13-3-7-23(28(33)35)27(34)32-16-18-4-1-5-20(14-18)21-9-11-26-22(21)6-2-12-31-26;21-14-4-1-3-12(7-14)10-25-19(27)15-5-2-6-26(20(15)28)11-13-8-16(22)18(24)17(23)9-13;8-7-3-1-2-6(4-7)5-9;;/h1-10,12-15H,11,16-17H2,(H,32,34);1-9H,10-11H2,(H,25,27);1-4H,5,9H2;2*1H4. The molecule has 0 saturated heterocycles. The van der Waals surface area contributed by atoms with Crippen LogP contribution in [0.5, 0.6) is 0 Å². The molecule has 0 aliphatic heterocycles. The highest BCUT2D eigenvalue weighted by atomic mass is 79.9. The van der Waals surface area contributed by atoms with Crippen LogP contribution < -0.4 is 27.5 Å². The number of nitrogens with two attached hydrogens (primary N) is 1. The Morgan fingerprint density at radius 1 is 0.568 bits per heavy atom. The predicted octanol–water partition coefficient (Wildman–Crippen LogP) is 11.7. The summed E-state index contributed by atoms with van der Waals surface area (Å²) in [5, 5.41) is 5.46. The molecule has 8 aromatic rings. The molecule has 3 aromatic heterocycles. The fourth-order valence-corrected chi connectivity index (χ4v) is 8.44. The lowest BCUT2D eigenvalue weighted by Crippen LogP contribution is -2.32. The second kappa shape index (κ2) is 26.9. The average Bonchev–Trinajstić information content (AvgIpc) is 3.81. The van der Waals surface area contributed by atoms with Gasteiger partial charge in [-0.25, -0.2) is 22.0 Å². The number of nitrogens with zero attached hydrogens (tertiary/aromatic N) is 3. The molecule has 10 nitrogen and oxygen atoms in total. The van der Waals surface area contributed by atoms with Gasteiger partial charge in [0.15, 0.2) is 29.1 Å². The van der Waals surface area contributed by atoms with Crippen LogP contribution in [0.3, 0.4) is 0 Å². The Morgan fingerprint density at radius 3 is 1.65 bits per heavy atom. The maximum Gasteiger partial charge on any atom is 0.263 e. The maximum absolute atomic E-state index is 13.5. The molecule has 1 aliphatic carbocycles. The van der Waals surface area contributed by atoms with Crippen LogP contribution in [0.15, 0.2) is 183 Å². The molecule has 382 valence electrons. The normalized spacial score (nSPS) is 11.0. The van der Waals surface area contributed by atoms with Gasteiger partial charge in [-0.3, -0.25) is 24.2 Å². The first-order valence-electron chi connectivity index (χ1n) is 22.1. The van der Waals surface area contributed by atoms with Crippen molar-refractivity contribution in [1.29, 1.82) is 0 Å². The Morgan fingerprint density at radius 2 is 1.09 bits per heavy atom. The van der Waals surface area contributed by atoms with E-state index in [9.17, 15) is 41.1 Å². The van der Waals surface area contributed by atoms with E-state index in [1.165, 1.54) is 41.2 Å². The van der Waals surface area contributed by atoms with E-state index in [4.69, 9.17) is 5.73 Å². The maximum atomic E-state index is 13.5. The van der Waals surface area contributed by atoms with Crippen LogP contribution in [0.1, 0.15) is 80.2 Å². The highest BCUT2D eigenvalue weighted by Crippen LogP contribution is 2.31. The van der Waals surface area contributed by atoms with E-state index in [-0.39, 0.29) is 57.7 Å². The molecule has 0 bridgehead atoms. The molecule has 0 spiro atoms. The van der Waals surface area contributed by atoms with Crippen molar-refractivity contribution in [2.45, 2.75) is 54.0 Å². The number of fused-ring (bicyclic) bond motifs is 1. The van der Waals surface area contributed by atoms with Crippen molar-refractivity contribution < 1.29 is 31.5 Å². The van der Waals surface area contributed by atoms with E-state index in [2.05, 4.69) is 59.6 Å². The molecule has 17 heteroatoms. The van der Waals surface area contributed by atoms with E-state index in [0.717, 1.165) is 83.3 Å². The molecule has 0 fully saturated rings. The van der Waals surface area contributed by atoms with Crippen LogP contribution in [0.25, 0.3) is 5.57 Å². The van der Waals surface area contributed by atoms with Crippen molar-refractivity contribution >= 4 is 49.2 Å². The first-order chi connectivity index (χ1) is 34.7. The monoisotopic (exact) mass is 1140 g/mol. The Hall–Kier alpha value is -7.60. The number of benzene rings is 5. The molecule has 0 unspecified atom stereocenters. The molecule has 5 aromatic carbocycles. The lowest BCUT2D eigenvalue weighted by atomic mass is 9.99. The van der Waals surface area contributed by atoms with Crippen LogP contribution in [0.2, 0.25) is 0 Å². The lowest BCUT2D eigenvalue weighted by molar-refractivity contribution is 0.0940. The smallest absolute Gasteiger partial charge is 0.263 e. The van der Waals surface area contributed by atoms with Crippen molar-refractivity contribution in [2.75, 3.05) is 0 Å². The largest absolute Gasteiger partial charge is 0.348 e. The number of allylic oxidation sites excluding steroid dienone is 1. The van der Waals surface area contributed by atoms with Gasteiger partial charge in [0.05, 0.1) is 18.8 Å². The Labute approximate surface area is 441 Å². The zero-order chi connectivity index (χ0) is 51.3. The zero-order valence-corrected chi connectivity index (χ0v) is 41.2. The summed E-state index contributed by atoms with van der Waals surface area (Å²) < 4.78 is 70.9. The molecule has 4 N–H and O–H groups in total. The summed E-state index contributed by atoms with van der Waals surface area (Å²) in [5.41, 5.74) is 11.8. The second-order valence-electron chi connectivity index (χ2n) is 16.2. The van der Waals surface area contributed by atoms with Crippen molar-refractivity contribution in [2.24, 2.45) is 5.73 Å². The van der Waals surface area contributed by atoms with Crippen LogP contribution in [-0.4, -0.2) is 25.9 Å². The summed E-state index contributed by atoms with van der Waals surface area (Å²) in [7, 11) is 0. The number of aromatic nitrogens is 3. The molecule has 3 heterocycles. The number of halogens is 7. The van der Waals surface area contributed by atoms with Crippen LogP contribution in [0, 0.1) is 29.1 Å². The minimum Gasteiger partial charge on any atom is -0.348 e. The van der Waals surface area contributed by atoms with Crippen molar-refractivity contribution in [3.63, 3.8) is 0 Å². The molecule has 0 atom stereocenters. The first-order valence-corrected chi connectivity index (χ1v) is 23.7. The number of hydrogen-bond donors (Lipinski definition) is 3. The van der Waals surface area contributed by atoms with Gasteiger partial charge in [0.1, 0.15) is 11.1 Å². The Kier molecular flexibility index (Phi) is 20.8. The minimum atomic E-state index is -1.57. The summed E-state index contributed by atoms with van der Waals surface area (Å²) in [4.78, 5) is 55.0. The number of amides is 2. The van der Waals surface area contributed by atoms with E-state index in [0.29, 0.717) is 12.1 Å². The van der Waals surface area contributed by atoms with Crippen LogP contribution >= 0.6 is 31.9 Å². The third kappa shape index (κ3) is 15.0. The zero-order valence-electron chi connectivity index (χ0n) is 38.0. The molecule has 0 radical (unpaired) electrons. The highest BCUT2D eigenvalue weighted by molar-refractivity contribution is 9.10. The van der Waals surface area contributed by atoms with Crippen molar-refractivity contribution in [1.82, 2.24) is 24.8 Å². The fraction of sp³-hybridized carbons (Fsp3) is 0.140. The molecule has 9 rings (SSSR count). The lowest BCUT2D eigenvalue weighted by Gasteiger charge is -2.11. The number of nitrogens with one attached hydrogen (secondary N) is 2. The van der Waals surface area contributed by atoms with Gasteiger partial charge in [-0.05, 0) is 124 Å². The summed E-state index contributed by atoms with van der Waals surface area (Å²) >= 11 is 6.69. The molecule has 2 amide bonds. The quantitative estimate of drug-likeness (QED) is 0.0822. The number of carbonyl (C=O) groups excluding carboxylic acids is 2. The first kappa shape index (κ1) is 57.3. The predicted molar refractivity (Wildman–Crippen MR) is 286 cm³/mol. The molecular weight excluding hydrogens is 1090 g/mol. The van der Waals surface area contributed by atoms with Gasteiger partial charge in [0.2, 0.25) is 0 Å². The third-order valence-electron chi connectivity index (χ3n) is 11.1.